The SMILES string of the molecule is COc1cc(C(=O)O)ccc1OCC(=O)N1C[C@H](C)N(Cc2ccc(F)cc2)C[C@H]1C. The summed E-state index contributed by atoms with van der Waals surface area (Å²) in [5.74, 6) is -0.892. The lowest BCUT2D eigenvalue weighted by molar-refractivity contribution is -0.139. The summed E-state index contributed by atoms with van der Waals surface area (Å²) >= 11 is 0. The third-order valence-corrected chi connectivity index (χ3v) is 5.50. The monoisotopic (exact) mass is 430 g/mol. The van der Waals surface area contributed by atoms with Gasteiger partial charge in [0.2, 0.25) is 0 Å². The van der Waals surface area contributed by atoms with E-state index in [1.165, 1.54) is 37.4 Å². The van der Waals surface area contributed by atoms with Gasteiger partial charge in [-0.15, -0.1) is 0 Å². The molecule has 3 rings (SSSR count). The number of benzene rings is 2. The Hall–Kier alpha value is -3.13. The lowest BCUT2D eigenvalue weighted by atomic mass is 10.1. The number of halogens is 1. The van der Waals surface area contributed by atoms with E-state index >= 15 is 0 Å². The maximum absolute atomic E-state index is 13.1. The second kappa shape index (κ2) is 9.78. The molecular weight excluding hydrogens is 403 g/mol. The van der Waals surface area contributed by atoms with Crippen molar-refractivity contribution in [3.05, 3.63) is 59.4 Å². The number of piperazine rings is 1. The van der Waals surface area contributed by atoms with Gasteiger partial charge >= 0.3 is 5.97 Å². The van der Waals surface area contributed by atoms with E-state index in [1.807, 2.05) is 6.92 Å². The smallest absolute Gasteiger partial charge is 0.335 e. The average molecular weight is 430 g/mol. The maximum Gasteiger partial charge on any atom is 0.335 e. The lowest BCUT2D eigenvalue weighted by Gasteiger charge is -2.44. The van der Waals surface area contributed by atoms with Crippen LogP contribution < -0.4 is 9.47 Å². The minimum Gasteiger partial charge on any atom is -0.493 e. The van der Waals surface area contributed by atoms with Gasteiger partial charge in [-0.25, -0.2) is 9.18 Å². The molecule has 31 heavy (non-hydrogen) atoms. The van der Waals surface area contributed by atoms with Crippen LogP contribution >= 0.6 is 0 Å². The van der Waals surface area contributed by atoms with Crippen LogP contribution in [-0.4, -0.2) is 65.7 Å². The predicted octanol–water partition coefficient (Wildman–Crippen LogP) is 3.03. The molecule has 1 heterocycles. The quantitative estimate of drug-likeness (QED) is 0.728. The molecule has 1 amide bonds. The molecule has 1 fully saturated rings. The molecule has 8 heteroatoms. The van der Waals surface area contributed by atoms with Crippen molar-refractivity contribution in [1.29, 1.82) is 0 Å². The van der Waals surface area contributed by atoms with Crippen LogP contribution in [0.2, 0.25) is 0 Å². The topological polar surface area (TPSA) is 79.3 Å². The third kappa shape index (κ3) is 5.52. The Balaban J connectivity index is 1.59. The van der Waals surface area contributed by atoms with Crippen LogP contribution in [0.4, 0.5) is 4.39 Å². The van der Waals surface area contributed by atoms with Crippen molar-refractivity contribution in [2.75, 3.05) is 26.8 Å². The van der Waals surface area contributed by atoms with Crippen molar-refractivity contribution in [3.8, 4) is 11.5 Å². The molecular formula is C23H27FN2O5. The van der Waals surface area contributed by atoms with Gasteiger partial charge < -0.3 is 19.5 Å². The van der Waals surface area contributed by atoms with Gasteiger partial charge in [-0.1, -0.05) is 12.1 Å². The van der Waals surface area contributed by atoms with Crippen molar-refractivity contribution < 1.29 is 28.6 Å². The Labute approximate surface area is 181 Å². The zero-order valence-corrected chi connectivity index (χ0v) is 17.9. The van der Waals surface area contributed by atoms with E-state index in [2.05, 4.69) is 11.8 Å². The van der Waals surface area contributed by atoms with Crippen molar-refractivity contribution in [2.24, 2.45) is 0 Å². The fourth-order valence-electron chi connectivity index (χ4n) is 3.73. The highest BCUT2D eigenvalue weighted by Crippen LogP contribution is 2.28. The molecule has 2 aromatic rings. The zero-order valence-electron chi connectivity index (χ0n) is 17.9. The minimum atomic E-state index is -1.07. The van der Waals surface area contributed by atoms with Crippen LogP contribution in [0.3, 0.4) is 0 Å². The number of carboxylic acid groups (broad SMARTS) is 1. The van der Waals surface area contributed by atoms with E-state index in [0.717, 1.165) is 5.56 Å². The van der Waals surface area contributed by atoms with Crippen molar-refractivity contribution >= 4 is 11.9 Å². The Morgan fingerprint density at radius 3 is 2.42 bits per heavy atom. The number of ether oxygens (including phenoxy) is 2. The summed E-state index contributed by atoms with van der Waals surface area (Å²) in [6, 6.07) is 10.9. The van der Waals surface area contributed by atoms with Gasteiger partial charge in [0, 0.05) is 31.7 Å². The summed E-state index contributed by atoms with van der Waals surface area (Å²) in [4.78, 5) is 28.0. The Kier molecular flexibility index (Phi) is 7.12. The minimum absolute atomic E-state index is 0.0102. The van der Waals surface area contributed by atoms with Gasteiger partial charge in [0.05, 0.1) is 12.7 Å². The molecule has 0 aromatic heterocycles. The molecule has 0 aliphatic carbocycles. The summed E-state index contributed by atoms with van der Waals surface area (Å²) in [6.07, 6.45) is 0. The number of aromatic carboxylic acids is 1. The van der Waals surface area contributed by atoms with E-state index in [0.29, 0.717) is 25.4 Å². The number of hydrogen-bond donors (Lipinski definition) is 1. The first-order chi connectivity index (χ1) is 14.8. The summed E-state index contributed by atoms with van der Waals surface area (Å²) in [5, 5.41) is 9.09. The van der Waals surface area contributed by atoms with E-state index in [1.54, 1.807) is 17.0 Å². The highest BCUT2D eigenvalue weighted by Gasteiger charge is 2.32. The first kappa shape index (κ1) is 22.6. The third-order valence-electron chi connectivity index (χ3n) is 5.50. The Bertz CT molecular complexity index is 934. The fourth-order valence-corrected chi connectivity index (χ4v) is 3.73. The molecule has 166 valence electrons. The summed E-state index contributed by atoms with van der Waals surface area (Å²) in [6.45, 7) is 5.82. The van der Waals surface area contributed by atoms with Crippen molar-refractivity contribution in [2.45, 2.75) is 32.5 Å². The molecule has 1 aliphatic heterocycles. The molecule has 0 bridgehead atoms. The summed E-state index contributed by atoms with van der Waals surface area (Å²) < 4.78 is 24.0. The van der Waals surface area contributed by atoms with E-state index < -0.39 is 5.97 Å². The maximum atomic E-state index is 13.1. The standard InChI is InChI=1S/C23H27FN2O5/c1-15-12-26(16(2)11-25(15)13-17-4-7-19(24)8-5-17)22(27)14-31-20-9-6-18(23(28)29)10-21(20)30-3/h4-10,15-16H,11-14H2,1-3H3,(H,28,29)/t15-,16+/m0/s1. The van der Waals surface area contributed by atoms with Gasteiger partial charge in [-0.05, 0) is 49.7 Å². The first-order valence-corrected chi connectivity index (χ1v) is 10.1. The molecule has 1 aliphatic rings. The average Bonchev–Trinajstić information content (AvgIpc) is 2.75. The van der Waals surface area contributed by atoms with Gasteiger partial charge in [0.15, 0.2) is 18.1 Å². The summed E-state index contributed by atoms with van der Waals surface area (Å²) in [7, 11) is 1.42. The highest BCUT2D eigenvalue weighted by molar-refractivity contribution is 5.88. The first-order valence-electron chi connectivity index (χ1n) is 10.1. The normalized spacial score (nSPS) is 19.2. The number of rotatable bonds is 7. The predicted molar refractivity (Wildman–Crippen MR) is 113 cm³/mol. The largest absolute Gasteiger partial charge is 0.493 e. The van der Waals surface area contributed by atoms with Gasteiger partial charge in [-0.3, -0.25) is 9.69 Å². The van der Waals surface area contributed by atoms with Gasteiger partial charge in [0.1, 0.15) is 5.82 Å². The lowest BCUT2D eigenvalue weighted by Crippen LogP contribution is -2.58. The van der Waals surface area contributed by atoms with E-state index in [9.17, 15) is 14.0 Å². The highest BCUT2D eigenvalue weighted by atomic mass is 19.1. The Morgan fingerprint density at radius 1 is 1.06 bits per heavy atom. The molecule has 0 saturated carbocycles. The molecule has 2 atom stereocenters. The number of hydrogen-bond acceptors (Lipinski definition) is 5. The molecule has 7 nitrogen and oxygen atoms in total. The fraction of sp³-hybridized carbons (Fsp3) is 0.391. The molecule has 2 aromatic carbocycles. The van der Waals surface area contributed by atoms with Crippen LogP contribution in [0, 0.1) is 5.82 Å². The molecule has 1 N–H and O–H groups in total. The zero-order chi connectivity index (χ0) is 22.5. The van der Waals surface area contributed by atoms with Crippen molar-refractivity contribution in [3.63, 3.8) is 0 Å². The number of amides is 1. The molecule has 0 radical (unpaired) electrons. The van der Waals surface area contributed by atoms with E-state index in [4.69, 9.17) is 14.6 Å². The number of nitrogens with zero attached hydrogens (tertiary/aromatic N) is 2. The Morgan fingerprint density at radius 2 is 1.77 bits per heavy atom. The number of carbonyl (C=O) groups is 2. The second-order valence-corrected chi connectivity index (χ2v) is 7.76. The van der Waals surface area contributed by atoms with Gasteiger partial charge in [-0.2, -0.15) is 0 Å². The van der Waals surface area contributed by atoms with Crippen LogP contribution in [0.5, 0.6) is 11.5 Å². The molecule has 1 saturated heterocycles. The summed E-state index contributed by atoms with van der Waals surface area (Å²) in [5.41, 5.74) is 1.11. The number of methoxy groups -OCH3 is 1. The number of carbonyl (C=O) groups excluding carboxylic acids is 1. The van der Waals surface area contributed by atoms with Gasteiger partial charge in [0.25, 0.3) is 5.91 Å². The van der Waals surface area contributed by atoms with Crippen molar-refractivity contribution in [1.82, 2.24) is 9.80 Å². The number of carboxylic acids is 1. The molecule has 0 unspecified atom stereocenters. The van der Waals surface area contributed by atoms with Crippen LogP contribution in [-0.2, 0) is 11.3 Å². The second-order valence-electron chi connectivity index (χ2n) is 7.76. The molecule has 0 spiro atoms. The van der Waals surface area contributed by atoms with E-state index in [-0.39, 0.29) is 41.7 Å². The van der Waals surface area contributed by atoms with Crippen LogP contribution in [0.1, 0.15) is 29.8 Å². The van der Waals surface area contributed by atoms with Crippen LogP contribution in [0.25, 0.3) is 0 Å². The van der Waals surface area contributed by atoms with Crippen LogP contribution in [0.15, 0.2) is 42.5 Å².